The van der Waals surface area contributed by atoms with E-state index in [2.05, 4.69) is 88.6 Å². The molecule has 6 nitrogen and oxygen atoms in total. The van der Waals surface area contributed by atoms with Crippen molar-refractivity contribution in [3.05, 3.63) is 72.1 Å². The molecule has 0 fully saturated rings. The third-order valence-corrected chi connectivity index (χ3v) is 4.47. The normalized spacial score (nSPS) is 9.00. The summed E-state index contributed by atoms with van der Waals surface area (Å²) in [7, 11) is 4.78. The number of rotatable bonds is 0. The number of carbonyl (C=O) groups is 2. The maximum Gasteiger partial charge on any atom is 0.302 e. The number of aromatic nitrogens is 2. The molecule has 0 bridgehead atoms. The summed E-state index contributed by atoms with van der Waals surface area (Å²) in [5.41, 5.74) is 5.20. The third-order valence-electron chi connectivity index (χ3n) is 4.47. The first-order valence-electron chi connectivity index (χ1n) is 10.8. The van der Waals surface area contributed by atoms with Crippen molar-refractivity contribution in [1.29, 1.82) is 0 Å². The molecule has 180 valence electrons. The summed E-state index contributed by atoms with van der Waals surface area (Å²) in [6.07, 6.45) is 4.19. The van der Waals surface area contributed by atoms with Gasteiger partial charge in [-0.05, 0) is 37.1 Å². The van der Waals surface area contributed by atoms with Gasteiger partial charge in [0, 0.05) is 55.1 Å². The van der Waals surface area contributed by atoms with Gasteiger partial charge in [-0.2, -0.15) is 0 Å². The predicted octanol–water partition coefficient (Wildman–Crippen LogP) is 6.35. The Morgan fingerprint density at radius 1 is 0.788 bits per heavy atom. The molecule has 2 aromatic heterocycles. The van der Waals surface area contributed by atoms with Crippen LogP contribution in [0.3, 0.4) is 0 Å². The van der Waals surface area contributed by atoms with E-state index in [4.69, 9.17) is 0 Å². The Morgan fingerprint density at radius 2 is 1.24 bits per heavy atom. The van der Waals surface area contributed by atoms with Gasteiger partial charge in [-0.25, -0.2) is 0 Å². The van der Waals surface area contributed by atoms with Gasteiger partial charge in [-0.1, -0.05) is 50.2 Å². The average Bonchev–Trinajstić information content (AvgIpc) is 3.36. The Morgan fingerprint density at radius 3 is 1.70 bits per heavy atom. The van der Waals surface area contributed by atoms with Crippen LogP contribution in [0.25, 0.3) is 21.8 Å². The van der Waals surface area contributed by atoms with Crippen LogP contribution < -0.4 is 0 Å². The maximum absolute atomic E-state index is 9.59. The third kappa shape index (κ3) is 10.5. The average molecular weight is 455 g/mol. The number of nitrogens with zero attached hydrogens (tertiary/aromatic N) is 1. The van der Waals surface area contributed by atoms with E-state index in [1.54, 1.807) is 0 Å². The lowest BCUT2D eigenvalue weighted by Gasteiger charge is -1.92. The molecule has 0 saturated heterocycles. The smallest absolute Gasteiger partial charge is 0.302 e. The standard InChI is InChI=1S/C10H11N.C9H9N.2C3H6O2.C2H6/c1-8-7-11(2)10-6-4-3-5-9(8)10;1-7-6-10-9-5-3-2-4-8(7)9;2*1-3(4)5-2;1-2/h3-7H,1-2H3;2-6,10H,1H3;2*1-2H3;1-2H3. The summed E-state index contributed by atoms with van der Waals surface area (Å²) in [6, 6.07) is 16.8. The second-order valence-corrected chi connectivity index (χ2v) is 6.85. The van der Waals surface area contributed by atoms with Crippen LogP contribution in [0.15, 0.2) is 60.9 Å². The maximum atomic E-state index is 9.59. The zero-order chi connectivity index (χ0) is 25.4. The minimum atomic E-state index is -0.245. The molecule has 33 heavy (non-hydrogen) atoms. The summed E-state index contributed by atoms with van der Waals surface area (Å²) >= 11 is 0. The summed E-state index contributed by atoms with van der Waals surface area (Å²) < 4.78 is 10.4. The minimum absolute atomic E-state index is 0.245. The van der Waals surface area contributed by atoms with E-state index >= 15 is 0 Å². The van der Waals surface area contributed by atoms with Gasteiger partial charge < -0.3 is 19.0 Å². The van der Waals surface area contributed by atoms with Gasteiger partial charge in [0.15, 0.2) is 0 Å². The number of aryl methyl sites for hydroxylation is 3. The van der Waals surface area contributed by atoms with Crippen molar-refractivity contribution < 1.29 is 19.1 Å². The zero-order valence-electron chi connectivity index (χ0n) is 21.4. The quantitative estimate of drug-likeness (QED) is 0.314. The molecule has 2 heterocycles. The lowest BCUT2D eigenvalue weighted by molar-refractivity contribution is -0.138. The number of benzene rings is 2. The Bertz CT molecular complexity index is 1060. The van der Waals surface area contributed by atoms with Crippen LogP contribution in [0.1, 0.15) is 38.8 Å². The van der Waals surface area contributed by atoms with Gasteiger partial charge in [0.2, 0.25) is 0 Å². The monoisotopic (exact) mass is 454 g/mol. The first kappa shape index (κ1) is 29.5. The molecule has 4 aromatic rings. The van der Waals surface area contributed by atoms with Crippen LogP contribution >= 0.6 is 0 Å². The number of fused-ring (bicyclic) bond motifs is 2. The molecular formula is C27H38N2O4. The second-order valence-electron chi connectivity index (χ2n) is 6.85. The lowest BCUT2D eigenvalue weighted by Crippen LogP contribution is -1.88. The molecule has 0 aliphatic carbocycles. The molecule has 0 saturated carbocycles. The molecule has 4 rings (SSSR count). The van der Waals surface area contributed by atoms with Crippen molar-refractivity contribution in [3.8, 4) is 0 Å². The van der Waals surface area contributed by atoms with E-state index < -0.39 is 0 Å². The van der Waals surface area contributed by atoms with Crippen molar-refractivity contribution >= 4 is 33.7 Å². The van der Waals surface area contributed by atoms with Crippen LogP contribution in [0.4, 0.5) is 0 Å². The highest BCUT2D eigenvalue weighted by molar-refractivity contribution is 5.83. The molecule has 0 unspecified atom stereocenters. The Balaban J connectivity index is 0.000000429. The van der Waals surface area contributed by atoms with Gasteiger partial charge in [0.25, 0.3) is 0 Å². The van der Waals surface area contributed by atoms with Gasteiger partial charge in [0.1, 0.15) is 0 Å². The van der Waals surface area contributed by atoms with E-state index in [9.17, 15) is 9.59 Å². The molecule has 2 aromatic carbocycles. The van der Waals surface area contributed by atoms with Crippen LogP contribution in [-0.4, -0.2) is 35.7 Å². The molecular weight excluding hydrogens is 416 g/mol. The van der Waals surface area contributed by atoms with E-state index in [0.29, 0.717) is 0 Å². The summed E-state index contributed by atoms with van der Waals surface area (Å²) in [5, 5.41) is 2.68. The van der Waals surface area contributed by atoms with E-state index in [0.717, 1.165) is 0 Å². The number of ether oxygens (including phenoxy) is 2. The highest BCUT2D eigenvalue weighted by Crippen LogP contribution is 2.18. The van der Waals surface area contributed by atoms with Gasteiger partial charge >= 0.3 is 11.9 Å². The number of esters is 2. The van der Waals surface area contributed by atoms with Gasteiger partial charge in [-0.15, -0.1) is 0 Å². The van der Waals surface area contributed by atoms with E-state index in [1.165, 1.54) is 61.0 Å². The second kappa shape index (κ2) is 16.1. The topological polar surface area (TPSA) is 73.3 Å². The van der Waals surface area contributed by atoms with Crippen LogP contribution in [-0.2, 0) is 26.1 Å². The Hall–Kier alpha value is -3.54. The molecule has 1 N–H and O–H groups in total. The van der Waals surface area contributed by atoms with E-state index in [-0.39, 0.29) is 11.9 Å². The van der Waals surface area contributed by atoms with Gasteiger partial charge in [0.05, 0.1) is 14.2 Å². The molecule has 0 radical (unpaired) electrons. The number of methoxy groups -OCH3 is 2. The molecule has 6 heteroatoms. The highest BCUT2D eigenvalue weighted by atomic mass is 16.5. The summed E-state index contributed by atoms with van der Waals surface area (Å²) in [5.74, 6) is -0.491. The summed E-state index contributed by atoms with van der Waals surface area (Å²) in [6.45, 7) is 11.0. The Labute approximate surface area is 197 Å². The fourth-order valence-electron chi connectivity index (χ4n) is 2.76. The molecule has 0 aliphatic rings. The molecule has 0 aliphatic heterocycles. The Kier molecular flexibility index (Phi) is 14.4. The summed E-state index contributed by atoms with van der Waals surface area (Å²) in [4.78, 5) is 22.4. The van der Waals surface area contributed by atoms with Gasteiger partial charge in [-0.3, -0.25) is 9.59 Å². The molecule has 0 amide bonds. The largest absolute Gasteiger partial charge is 0.469 e. The first-order valence-corrected chi connectivity index (χ1v) is 10.8. The lowest BCUT2D eigenvalue weighted by atomic mass is 10.2. The van der Waals surface area contributed by atoms with Crippen molar-refractivity contribution in [2.45, 2.75) is 41.5 Å². The number of H-pyrrole nitrogens is 1. The number of aromatic amines is 1. The van der Waals surface area contributed by atoms with Crippen molar-refractivity contribution in [2.24, 2.45) is 7.05 Å². The molecule has 0 atom stereocenters. The number of hydrogen-bond donors (Lipinski definition) is 1. The van der Waals surface area contributed by atoms with Crippen LogP contribution in [0, 0.1) is 13.8 Å². The fraction of sp³-hybridized carbons (Fsp3) is 0.333. The van der Waals surface area contributed by atoms with Crippen molar-refractivity contribution in [3.63, 3.8) is 0 Å². The highest BCUT2D eigenvalue weighted by Gasteiger charge is 1.99. The number of carbonyl (C=O) groups excluding carboxylic acids is 2. The number of hydrogen-bond acceptors (Lipinski definition) is 4. The van der Waals surface area contributed by atoms with E-state index in [1.807, 2.05) is 26.1 Å². The van der Waals surface area contributed by atoms with Crippen LogP contribution in [0.5, 0.6) is 0 Å². The zero-order valence-corrected chi connectivity index (χ0v) is 21.4. The number of nitrogens with one attached hydrogen (secondary N) is 1. The first-order chi connectivity index (χ1) is 15.7. The number of para-hydroxylation sites is 2. The molecule has 0 spiro atoms. The SMILES string of the molecule is CC.COC(C)=O.COC(C)=O.Cc1c[nH]c2ccccc12.Cc1cn(C)c2ccccc12. The van der Waals surface area contributed by atoms with Crippen LogP contribution in [0.2, 0.25) is 0 Å². The fourth-order valence-corrected chi connectivity index (χ4v) is 2.76. The van der Waals surface area contributed by atoms with Crippen molar-refractivity contribution in [1.82, 2.24) is 9.55 Å². The predicted molar refractivity (Wildman–Crippen MR) is 137 cm³/mol. The minimum Gasteiger partial charge on any atom is -0.469 e. The van der Waals surface area contributed by atoms with Crippen molar-refractivity contribution in [2.75, 3.05) is 14.2 Å².